The van der Waals surface area contributed by atoms with Crippen molar-refractivity contribution in [2.45, 2.75) is 13.0 Å². The van der Waals surface area contributed by atoms with Crippen LogP contribution < -0.4 is 4.90 Å². The summed E-state index contributed by atoms with van der Waals surface area (Å²) >= 11 is 2.98. The van der Waals surface area contributed by atoms with Crippen molar-refractivity contribution in [3.05, 3.63) is 21.1 Å². The predicted molar refractivity (Wildman–Crippen MR) is 73.3 cm³/mol. The summed E-state index contributed by atoms with van der Waals surface area (Å²) in [6.07, 6.45) is 1.33. The highest BCUT2D eigenvalue weighted by molar-refractivity contribution is 7.98. The Morgan fingerprint density at radius 2 is 2.35 bits per heavy atom. The number of rotatable bonds is 6. The van der Waals surface area contributed by atoms with Crippen molar-refractivity contribution >= 4 is 33.8 Å². The molecule has 1 heterocycles. The molecule has 1 aromatic heterocycles. The van der Waals surface area contributed by atoms with Crippen LogP contribution in [0.15, 0.2) is 6.07 Å². The largest absolute Gasteiger partial charge is 0.388 e. The van der Waals surface area contributed by atoms with E-state index >= 15 is 0 Å². The standard InChI is InChI=1S/C10H16N2O3S2/c1-7(13)9-6-8(12(14)15)10(17-9)11(2)4-5-16-3/h6-7,13H,4-5H2,1-3H3/t7-/m0/s1. The Morgan fingerprint density at radius 3 is 2.82 bits per heavy atom. The quantitative estimate of drug-likeness (QED) is 0.639. The van der Waals surface area contributed by atoms with Gasteiger partial charge in [0.2, 0.25) is 0 Å². The molecule has 96 valence electrons. The van der Waals surface area contributed by atoms with Crippen LogP contribution in [0.4, 0.5) is 10.7 Å². The van der Waals surface area contributed by atoms with Gasteiger partial charge in [-0.25, -0.2) is 0 Å². The van der Waals surface area contributed by atoms with E-state index in [0.717, 1.165) is 12.3 Å². The highest BCUT2D eigenvalue weighted by Crippen LogP contribution is 2.39. The average molecular weight is 276 g/mol. The minimum atomic E-state index is -0.665. The lowest BCUT2D eigenvalue weighted by Gasteiger charge is -2.15. The molecule has 0 bridgehead atoms. The molecule has 0 saturated heterocycles. The minimum Gasteiger partial charge on any atom is -0.388 e. The summed E-state index contributed by atoms with van der Waals surface area (Å²) in [7, 11) is 1.83. The van der Waals surface area contributed by atoms with E-state index in [9.17, 15) is 15.2 Å². The first-order valence-corrected chi connectivity index (χ1v) is 7.34. The Balaban J connectivity index is 2.99. The average Bonchev–Trinajstić information content (AvgIpc) is 2.70. The topological polar surface area (TPSA) is 66.6 Å². The smallest absolute Gasteiger partial charge is 0.304 e. The number of nitro groups is 1. The maximum atomic E-state index is 10.9. The lowest BCUT2D eigenvalue weighted by molar-refractivity contribution is -0.383. The molecular weight excluding hydrogens is 260 g/mol. The van der Waals surface area contributed by atoms with Crippen molar-refractivity contribution in [3.8, 4) is 0 Å². The zero-order valence-electron chi connectivity index (χ0n) is 10.0. The van der Waals surface area contributed by atoms with Crippen molar-refractivity contribution in [2.24, 2.45) is 0 Å². The third kappa shape index (κ3) is 3.58. The molecule has 0 aliphatic carbocycles. The first kappa shape index (κ1) is 14.3. The molecule has 0 aromatic carbocycles. The van der Waals surface area contributed by atoms with E-state index in [0.29, 0.717) is 9.88 Å². The van der Waals surface area contributed by atoms with Gasteiger partial charge in [0.1, 0.15) is 0 Å². The van der Waals surface area contributed by atoms with Crippen LogP contribution in [-0.2, 0) is 0 Å². The van der Waals surface area contributed by atoms with Crippen LogP contribution in [0, 0.1) is 10.1 Å². The van der Waals surface area contributed by atoms with Crippen LogP contribution in [0.2, 0.25) is 0 Å². The summed E-state index contributed by atoms with van der Waals surface area (Å²) in [6, 6.07) is 1.46. The van der Waals surface area contributed by atoms with E-state index in [1.807, 2.05) is 18.2 Å². The molecule has 0 saturated carbocycles. The molecular formula is C10H16N2O3S2. The van der Waals surface area contributed by atoms with Crippen LogP contribution in [-0.4, -0.2) is 35.6 Å². The van der Waals surface area contributed by atoms with E-state index < -0.39 is 11.0 Å². The second kappa shape index (κ2) is 6.23. The van der Waals surface area contributed by atoms with Crippen LogP contribution in [0.5, 0.6) is 0 Å². The zero-order chi connectivity index (χ0) is 13.0. The molecule has 0 aliphatic rings. The monoisotopic (exact) mass is 276 g/mol. The second-order valence-electron chi connectivity index (χ2n) is 3.69. The summed E-state index contributed by atoms with van der Waals surface area (Å²) in [5.41, 5.74) is 0.0782. The molecule has 5 nitrogen and oxygen atoms in total. The fourth-order valence-electron chi connectivity index (χ4n) is 1.33. The molecule has 0 amide bonds. The molecule has 0 spiro atoms. The van der Waals surface area contributed by atoms with Crippen molar-refractivity contribution < 1.29 is 10.0 Å². The van der Waals surface area contributed by atoms with E-state index in [1.54, 1.807) is 18.7 Å². The minimum absolute atomic E-state index is 0.0782. The third-order valence-electron chi connectivity index (χ3n) is 2.30. The normalized spacial score (nSPS) is 12.5. The van der Waals surface area contributed by atoms with Gasteiger partial charge in [0.15, 0.2) is 5.00 Å². The van der Waals surface area contributed by atoms with Gasteiger partial charge in [0.25, 0.3) is 0 Å². The fraction of sp³-hybridized carbons (Fsp3) is 0.600. The third-order valence-corrected chi connectivity index (χ3v) is 4.30. The summed E-state index contributed by atoms with van der Waals surface area (Å²) in [4.78, 5) is 13.0. The number of aliphatic hydroxyl groups is 1. The van der Waals surface area contributed by atoms with E-state index in [-0.39, 0.29) is 5.69 Å². The number of thiophene rings is 1. The Bertz CT molecular complexity index is 393. The highest BCUT2D eigenvalue weighted by atomic mass is 32.2. The number of nitrogens with zero attached hydrogens (tertiary/aromatic N) is 2. The zero-order valence-corrected chi connectivity index (χ0v) is 11.7. The fourth-order valence-corrected chi connectivity index (χ4v) is 2.84. The molecule has 1 atom stereocenters. The lowest BCUT2D eigenvalue weighted by atomic mass is 10.3. The molecule has 1 N–H and O–H groups in total. The first-order valence-electron chi connectivity index (χ1n) is 5.13. The van der Waals surface area contributed by atoms with Gasteiger partial charge in [-0.05, 0) is 13.2 Å². The molecule has 7 heteroatoms. The highest BCUT2D eigenvalue weighted by Gasteiger charge is 2.23. The molecule has 17 heavy (non-hydrogen) atoms. The van der Waals surface area contributed by atoms with Gasteiger partial charge in [-0.15, -0.1) is 11.3 Å². The SMILES string of the molecule is CSCCN(C)c1sc([C@H](C)O)cc1[N+](=O)[O-]. The van der Waals surface area contributed by atoms with Crippen LogP contribution in [0.25, 0.3) is 0 Å². The molecule has 0 radical (unpaired) electrons. The summed E-state index contributed by atoms with van der Waals surface area (Å²) < 4.78 is 0. The van der Waals surface area contributed by atoms with E-state index in [1.165, 1.54) is 17.4 Å². The van der Waals surface area contributed by atoms with Gasteiger partial charge in [-0.1, -0.05) is 0 Å². The van der Waals surface area contributed by atoms with Crippen molar-refractivity contribution in [1.82, 2.24) is 0 Å². The molecule has 0 aliphatic heterocycles. The summed E-state index contributed by atoms with van der Waals surface area (Å²) in [5, 5.41) is 21.0. The number of hydrogen-bond acceptors (Lipinski definition) is 6. The van der Waals surface area contributed by atoms with Crippen LogP contribution in [0.3, 0.4) is 0 Å². The van der Waals surface area contributed by atoms with E-state index in [4.69, 9.17) is 0 Å². The predicted octanol–water partition coefficient (Wildman–Crippen LogP) is 2.51. The maximum absolute atomic E-state index is 10.9. The van der Waals surface area contributed by atoms with Gasteiger partial charge >= 0.3 is 5.69 Å². The van der Waals surface area contributed by atoms with Crippen molar-refractivity contribution in [2.75, 3.05) is 30.5 Å². The Hall–Kier alpha value is -0.790. The first-order chi connectivity index (χ1) is 7.97. The lowest BCUT2D eigenvalue weighted by Crippen LogP contribution is -2.19. The van der Waals surface area contributed by atoms with Gasteiger partial charge in [-0.2, -0.15) is 11.8 Å². The Morgan fingerprint density at radius 1 is 1.71 bits per heavy atom. The number of aliphatic hydroxyl groups excluding tert-OH is 1. The van der Waals surface area contributed by atoms with Crippen molar-refractivity contribution in [1.29, 1.82) is 0 Å². The van der Waals surface area contributed by atoms with Gasteiger partial charge in [0, 0.05) is 30.3 Å². The Kier molecular flexibility index (Phi) is 5.23. The second-order valence-corrected chi connectivity index (χ2v) is 5.73. The van der Waals surface area contributed by atoms with Gasteiger partial charge < -0.3 is 10.0 Å². The summed E-state index contributed by atoms with van der Waals surface area (Å²) in [5.74, 6) is 0.912. The molecule has 1 aromatic rings. The van der Waals surface area contributed by atoms with Crippen LogP contribution in [0.1, 0.15) is 17.9 Å². The number of anilines is 1. The maximum Gasteiger partial charge on any atom is 0.304 e. The Labute approximate surface area is 109 Å². The number of thioether (sulfide) groups is 1. The van der Waals surface area contributed by atoms with Gasteiger partial charge in [-0.3, -0.25) is 10.1 Å². The molecule has 0 fully saturated rings. The molecule has 0 unspecified atom stereocenters. The van der Waals surface area contributed by atoms with Crippen molar-refractivity contribution in [3.63, 3.8) is 0 Å². The van der Waals surface area contributed by atoms with Gasteiger partial charge in [0.05, 0.1) is 11.0 Å². The number of hydrogen-bond donors (Lipinski definition) is 1. The summed E-state index contributed by atoms with van der Waals surface area (Å²) in [6.45, 7) is 2.36. The molecule has 1 rings (SSSR count). The van der Waals surface area contributed by atoms with Crippen LogP contribution >= 0.6 is 23.1 Å². The van der Waals surface area contributed by atoms with E-state index in [2.05, 4.69) is 0 Å².